The molecule has 1 radical (unpaired) electrons. The Morgan fingerprint density at radius 3 is 2.64 bits per heavy atom. The summed E-state index contributed by atoms with van der Waals surface area (Å²) >= 11 is 0. The van der Waals surface area contributed by atoms with Crippen molar-refractivity contribution in [2.75, 3.05) is 0 Å². The van der Waals surface area contributed by atoms with Crippen molar-refractivity contribution in [2.45, 2.75) is 0 Å². The van der Waals surface area contributed by atoms with E-state index in [0.717, 1.165) is 0 Å². The van der Waals surface area contributed by atoms with E-state index < -0.39 is 0 Å². The Bertz CT molecular complexity index is 276. The zero-order valence-corrected chi connectivity index (χ0v) is 6.92. The molecule has 0 spiro atoms. The van der Waals surface area contributed by atoms with E-state index in [-0.39, 0.29) is 16.8 Å². The maximum atomic E-state index is 3.14. The first-order valence-corrected chi connectivity index (χ1v) is 3.32. The molecule has 0 aliphatic heterocycles. The minimum atomic E-state index is 0. The molecule has 0 bridgehead atoms. The zero-order valence-electron chi connectivity index (χ0n) is 5.87. The second-order valence-corrected chi connectivity index (χ2v) is 2.26. The average molecular weight is 186 g/mol. The van der Waals surface area contributed by atoms with Crippen LogP contribution < -0.4 is 0 Å². The molecule has 0 N–H and O–H groups in total. The van der Waals surface area contributed by atoms with Crippen molar-refractivity contribution in [3.05, 3.63) is 48.5 Å². The van der Waals surface area contributed by atoms with E-state index in [1.165, 1.54) is 11.1 Å². The molecule has 0 heterocycles. The van der Waals surface area contributed by atoms with Gasteiger partial charge in [-0.25, -0.2) is 0 Å². The number of rotatable bonds is 0. The van der Waals surface area contributed by atoms with Gasteiger partial charge in [0.25, 0.3) is 0 Å². The van der Waals surface area contributed by atoms with Crippen LogP contribution in [0.3, 0.4) is 0 Å². The average Bonchev–Trinajstić information content (AvgIpc) is 2.28. The first kappa shape index (κ1) is 8.30. The second kappa shape index (κ2) is 3.55. The Morgan fingerprint density at radius 2 is 1.73 bits per heavy atom. The smallest absolute Gasteiger partial charge is 0 e. The van der Waals surface area contributed by atoms with Gasteiger partial charge in [0.05, 0.1) is 0 Å². The van der Waals surface area contributed by atoms with Gasteiger partial charge in [0.15, 0.2) is 0 Å². The van der Waals surface area contributed by atoms with E-state index in [1.807, 2.05) is 24.3 Å². The molecule has 57 valence electrons. The Hall–Kier alpha value is -0.794. The molecular weight excluding hydrogens is 179 g/mol. The van der Waals surface area contributed by atoms with Crippen LogP contribution in [0.1, 0.15) is 0 Å². The summed E-state index contributed by atoms with van der Waals surface area (Å²) in [6.45, 7) is 0. The van der Waals surface area contributed by atoms with Crippen molar-refractivity contribution in [2.24, 2.45) is 0 Å². The van der Waals surface area contributed by atoms with E-state index in [1.54, 1.807) is 0 Å². The van der Waals surface area contributed by atoms with Gasteiger partial charge < -0.3 is 0 Å². The fourth-order valence-corrected chi connectivity index (χ4v) is 1.06. The van der Waals surface area contributed by atoms with Crippen LogP contribution in [0.5, 0.6) is 0 Å². The molecule has 0 aromatic rings. The van der Waals surface area contributed by atoms with Crippen LogP contribution in [-0.4, -0.2) is 0 Å². The van der Waals surface area contributed by atoms with E-state index >= 15 is 0 Å². The van der Waals surface area contributed by atoms with E-state index in [0.29, 0.717) is 0 Å². The summed E-state index contributed by atoms with van der Waals surface area (Å²) in [4.78, 5) is 0. The topological polar surface area (TPSA) is 0 Å². The summed E-state index contributed by atoms with van der Waals surface area (Å²) in [5, 5.41) is 0. The summed E-state index contributed by atoms with van der Waals surface area (Å²) in [6.07, 6.45) is 0. The summed E-state index contributed by atoms with van der Waals surface area (Å²) in [7, 11) is 0. The monoisotopic (exact) mass is 186 g/mol. The van der Waals surface area contributed by atoms with Gasteiger partial charge in [-0.2, -0.15) is 17.7 Å². The van der Waals surface area contributed by atoms with Crippen LogP contribution in [0.15, 0.2) is 42.5 Å². The molecule has 0 saturated heterocycles. The molecule has 11 heavy (non-hydrogen) atoms. The largest absolute Gasteiger partial charge is 0.168 e. The van der Waals surface area contributed by atoms with Crippen molar-refractivity contribution in [3.8, 4) is 11.1 Å². The standard InChI is InChI=1S/C10H7.Co/c1-2-5-9-7-4-8-10(9)6-3-1;/h1-7H;/q-1;. The minimum Gasteiger partial charge on any atom is -0.168 e. The minimum absolute atomic E-state index is 0. The van der Waals surface area contributed by atoms with Gasteiger partial charge in [0.1, 0.15) is 0 Å². The van der Waals surface area contributed by atoms with Crippen LogP contribution >= 0.6 is 0 Å². The molecular formula is C10H7Co-. The molecule has 0 saturated carbocycles. The third-order valence-corrected chi connectivity index (χ3v) is 1.57. The maximum Gasteiger partial charge on any atom is 0 e. The first-order valence-electron chi connectivity index (χ1n) is 3.32. The Kier molecular flexibility index (Phi) is 2.68. The van der Waals surface area contributed by atoms with Crippen LogP contribution in [0.2, 0.25) is 0 Å². The first-order chi connectivity index (χ1) is 4.97. The third kappa shape index (κ3) is 1.61. The Labute approximate surface area is 76.8 Å². The molecule has 0 aromatic heterocycles. The van der Waals surface area contributed by atoms with Crippen molar-refractivity contribution in [1.82, 2.24) is 0 Å². The van der Waals surface area contributed by atoms with Crippen molar-refractivity contribution in [3.63, 3.8) is 0 Å². The van der Waals surface area contributed by atoms with Gasteiger partial charge in [0, 0.05) is 16.8 Å². The summed E-state index contributed by atoms with van der Waals surface area (Å²) in [5.41, 5.74) is 2.44. The Balaban J connectivity index is 0.000000605. The second-order valence-electron chi connectivity index (χ2n) is 2.26. The van der Waals surface area contributed by atoms with Gasteiger partial charge in [-0.1, -0.05) is 12.1 Å². The molecule has 2 rings (SSSR count). The van der Waals surface area contributed by atoms with E-state index in [4.69, 9.17) is 0 Å². The normalized spacial score (nSPS) is 9.09. The Morgan fingerprint density at radius 1 is 0.909 bits per heavy atom. The molecule has 0 fully saturated rings. The quantitative estimate of drug-likeness (QED) is 0.554. The molecule has 2 aliphatic rings. The van der Waals surface area contributed by atoms with Crippen molar-refractivity contribution in [1.29, 1.82) is 0 Å². The fraction of sp³-hybridized carbons (Fsp3) is 0. The zero-order chi connectivity index (χ0) is 6.81. The van der Waals surface area contributed by atoms with Gasteiger partial charge >= 0.3 is 0 Å². The molecule has 0 nitrogen and oxygen atoms in total. The van der Waals surface area contributed by atoms with Gasteiger partial charge in [-0.05, 0) is 0 Å². The SMILES string of the molecule is [Co].[c-]1ccc2cccccc1-2. The third-order valence-electron chi connectivity index (χ3n) is 1.57. The van der Waals surface area contributed by atoms with Crippen molar-refractivity contribution >= 4 is 0 Å². The predicted molar refractivity (Wildman–Crippen MR) is 41.9 cm³/mol. The van der Waals surface area contributed by atoms with Crippen LogP contribution in [-0.2, 0) is 16.8 Å². The predicted octanol–water partition coefficient (Wildman–Crippen LogP) is 2.59. The van der Waals surface area contributed by atoms with Crippen LogP contribution in [0.25, 0.3) is 11.1 Å². The number of hydrogen-bond acceptors (Lipinski definition) is 0. The molecule has 1 heteroatoms. The van der Waals surface area contributed by atoms with Gasteiger partial charge in [-0.3, -0.25) is 0 Å². The maximum absolute atomic E-state index is 3.14. The van der Waals surface area contributed by atoms with E-state index in [9.17, 15) is 0 Å². The summed E-state index contributed by atoms with van der Waals surface area (Å²) < 4.78 is 0. The summed E-state index contributed by atoms with van der Waals surface area (Å²) in [6, 6.07) is 17.4. The van der Waals surface area contributed by atoms with Gasteiger partial charge in [0.2, 0.25) is 0 Å². The van der Waals surface area contributed by atoms with Crippen LogP contribution in [0.4, 0.5) is 0 Å². The fourth-order valence-electron chi connectivity index (χ4n) is 1.06. The van der Waals surface area contributed by atoms with Crippen LogP contribution in [0, 0.1) is 6.07 Å². The number of fused-ring (bicyclic) bond motifs is 1. The number of hydrogen-bond donors (Lipinski definition) is 0. The molecule has 0 amide bonds. The summed E-state index contributed by atoms with van der Waals surface area (Å²) in [5.74, 6) is 0. The molecule has 2 aliphatic carbocycles. The van der Waals surface area contributed by atoms with E-state index in [2.05, 4.69) is 24.3 Å². The molecule has 0 unspecified atom stereocenters. The van der Waals surface area contributed by atoms with Crippen molar-refractivity contribution < 1.29 is 16.8 Å². The molecule has 0 aromatic carbocycles. The van der Waals surface area contributed by atoms with Gasteiger partial charge in [-0.15, -0.1) is 29.8 Å². The molecule has 0 atom stereocenters.